The molecule has 0 amide bonds. The molecule has 0 aliphatic heterocycles. The molecule has 0 spiro atoms. The van der Waals surface area contributed by atoms with Crippen LogP contribution in [0.3, 0.4) is 0 Å². The largest absolute Gasteiger partial charge is 0.388 e. The average Bonchev–Trinajstić information content (AvgIpc) is 2.93. The lowest BCUT2D eigenvalue weighted by molar-refractivity contribution is 0.166. The van der Waals surface area contributed by atoms with Crippen LogP contribution in [0.5, 0.6) is 0 Å². The molecule has 0 radical (unpaired) electrons. The monoisotopic (exact) mass is 296 g/mol. The van der Waals surface area contributed by atoms with Crippen LogP contribution in [-0.2, 0) is 6.61 Å². The molecule has 0 aliphatic rings. The molecule has 4 heteroatoms. The van der Waals surface area contributed by atoms with Crippen LogP contribution in [-0.4, -0.2) is 19.8 Å². The summed E-state index contributed by atoms with van der Waals surface area (Å²) in [7, 11) is 0. The number of rotatable bonds is 5. The van der Waals surface area contributed by atoms with Crippen LogP contribution in [0.4, 0.5) is 0 Å². The Morgan fingerprint density at radius 3 is 2.50 bits per heavy atom. The predicted molar refractivity (Wildman–Crippen MR) is 86.9 cm³/mol. The van der Waals surface area contributed by atoms with Crippen LogP contribution < -0.4 is 0 Å². The fourth-order valence-corrected chi connectivity index (χ4v) is 2.76. The smallest absolute Gasteiger partial charge is 0.140 e. The number of aromatic nitrogens is 2. The molecule has 2 aromatic carbocycles. The summed E-state index contributed by atoms with van der Waals surface area (Å²) in [6.45, 7) is 1.94. The number of imidazole rings is 1. The van der Waals surface area contributed by atoms with Gasteiger partial charge in [0.15, 0.2) is 0 Å². The minimum absolute atomic E-state index is 0.116. The van der Waals surface area contributed by atoms with Gasteiger partial charge in [0.25, 0.3) is 0 Å². The van der Waals surface area contributed by atoms with Crippen molar-refractivity contribution in [1.29, 1.82) is 0 Å². The second-order valence-corrected chi connectivity index (χ2v) is 5.41. The molecule has 2 N–H and O–H groups in total. The van der Waals surface area contributed by atoms with Gasteiger partial charge in [-0.05, 0) is 36.2 Å². The molecule has 1 aromatic heterocycles. The van der Waals surface area contributed by atoms with E-state index in [4.69, 9.17) is 0 Å². The van der Waals surface area contributed by atoms with Gasteiger partial charge in [-0.2, -0.15) is 0 Å². The van der Waals surface area contributed by atoms with Crippen molar-refractivity contribution in [2.75, 3.05) is 0 Å². The Morgan fingerprint density at radius 1 is 1.09 bits per heavy atom. The van der Waals surface area contributed by atoms with Gasteiger partial charge in [-0.25, -0.2) is 4.98 Å². The molecule has 0 saturated carbocycles. The second-order valence-electron chi connectivity index (χ2n) is 5.41. The van der Waals surface area contributed by atoms with Crippen LogP contribution in [0.25, 0.3) is 16.7 Å². The summed E-state index contributed by atoms with van der Waals surface area (Å²) < 4.78 is 1.95. The van der Waals surface area contributed by atoms with E-state index in [2.05, 4.69) is 11.9 Å². The molecule has 1 atom stereocenters. The van der Waals surface area contributed by atoms with Crippen LogP contribution >= 0.6 is 0 Å². The minimum atomic E-state index is -0.420. The van der Waals surface area contributed by atoms with Crippen LogP contribution in [0, 0.1) is 0 Å². The highest BCUT2D eigenvalue weighted by Crippen LogP contribution is 2.24. The van der Waals surface area contributed by atoms with Gasteiger partial charge in [-0.1, -0.05) is 37.6 Å². The molecule has 0 aliphatic carbocycles. The molecule has 0 unspecified atom stereocenters. The van der Waals surface area contributed by atoms with Crippen LogP contribution in [0.1, 0.15) is 37.3 Å². The highest BCUT2D eigenvalue weighted by molar-refractivity contribution is 5.78. The minimum Gasteiger partial charge on any atom is -0.388 e. The molecule has 1 heterocycles. The average molecular weight is 296 g/mol. The molecule has 3 rings (SSSR count). The first-order chi connectivity index (χ1) is 10.7. The Labute approximate surface area is 129 Å². The third kappa shape index (κ3) is 2.63. The Hall–Kier alpha value is -2.17. The first-order valence-electron chi connectivity index (χ1n) is 7.60. The Bertz CT molecular complexity index is 762. The quantitative estimate of drug-likeness (QED) is 0.759. The molecule has 0 saturated heterocycles. The number of nitrogens with zero attached hydrogens (tertiary/aromatic N) is 2. The number of hydrogen-bond donors (Lipinski definition) is 2. The van der Waals surface area contributed by atoms with E-state index < -0.39 is 6.10 Å². The van der Waals surface area contributed by atoms with Crippen molar-refractivity contribution >= 4 is 11.0 Å². The zero-order chi connectivity index (χ0) is 15.5. The van der Waals surface area contributed by atoms with Gasteiger partial charge >= 0.3 is 0 Å². The highest BCUT2D eigenvalue weighted by Gasteiger charge is 2.12. The molecule has 22 heavy (non-hydrogen) atoms. The van der Waals surface area contributed by atoms with Crippen LogP contribution in [0.15, 0.2) is 48.5 Å². The maximum absolute atomic E-state index is 10.1. The molecule has 4 nitrogen and oxygen atoms in total. The number of hydrogen-bond acceptors (Lipinski definition) is 3. The maximum Gasteiger partial charge on any atom is 0.140 e. The predicted octanol–water partition coefficient (Wildman–Crippen LogP) is 3.35. The molecular formula is C18H20N2O2. The van der Waals surface area contributed by atoms with E-state index in [0.717, 1.165) is 35.1 Å². The van der Waals surface area contributed by atoms with E-state index >= 15 is 0 Å². The summed E-state index contributed by atoms with van der Waals surface area (Å²) in [5.74, 6) is 0.614. The number of benzene rings is 2. The highest BCUT2D eigenvalue weighted by atomic mass is 16.3. The molecular weight excluding hydrogens is 276 g/mol. The van der Waals surface area contributed by atoms with Gasteiger partial charge < -0.3 is 10.2 Å². The number of aliphatic hydroxyl groups excluding tert-OH is 2. The Morgan fingerprint density at radius 2 is 1.82 bits per heavy atom. The standard InChI is InChI=1S/C18H20N2O2/c1-2-5-17(22)13-8-10-14(11-9-13)20-16-7-4-3-6-15(16)19-18(20)12-21/h3-4,6-11,17,21-22H,2,5,12H2,1H3/t17-/m0/s1. The van der Waals surface area contributed by atoms with Crippen molar-refractivity contribution in [3.63, 3.8) is 0 Å². The van der Waals surface area contributed by atoms with Crippen LogP contribution in [0.2, 0.25) is 0 Å². The van der Waals surface area contributed by atoms with E-state index in [1.807, 2.05) is 53.1 Å². The van der Waals surface area contributed by atoms with E-state index in [0.29, 0.717) is 5.82 Å². The van der Waals surface area contributed by atoms with E-state index in [1.165, 1.54) is 0 Å². The number of para-hydroxylation sites is 2. The molecule has 0 bridgehead atoms. The summed E-state index contributed by atoms with van der Waals surface area (Å²) in [4.78, 5) is 4.46. The van der Waals surface area contributed by atoms with E-state index in [-0.39, 0.29) is 6.61 Å². The first kappa shape index (κ1) is 14.8. The molecule has 0 fully saturated rings. The van der Waals surface area contributed by atoms with Crippen molar-refractivity contribution in [2.24, 2.45) is 0 Å². The zero-order valence-electron chi connectivity index (χ0n) is 12.6. The van der Waals surface area contributed by atoms with Crippen molar-refractivity contribution in [2.45, 2.75) is 32.5 Å². The lowest BCUT2D eigenvalue weighted by atomic mass is 10.1. The third-order valence-electron chi connectivity index (χ3n) is 3.87. The fraction of sp³-hybridized carbons (Fsp3) is 0.278. The maximum atomic E-state index is 10.1. The van der Waals surface area contributed by atoms with E-state index in [9.17, 15) is 10.2 Å². The Kier molecular flexibility index (Phi) is 4.22. The van der Waals surface area contributed by atoms with Crippen molar-refractivity contribution in [3.8, 4) is 5.69 Å². The third-order valence-corrected chi connectivity index (χ3v) is 3.87. The number of fused-ring (bicyclic) bond motifs is 1. The van der Waals surface area contributed by atoms with Crippen molar-refractivity contribution in [3.05, 3.63) is 59.9 Å². The van der Waals surface area contributed by atoms with Crippen molar-refractivity contribution < 1.29 is 10.2 Å². The topological polar surface area (TPSA) is 58.3 Å². The fourth-order valence-electron chi connectivity index (χ4n) is 2.76. The lowest BCUT2D eigenvalue weighted by Gasteiger charge is -2.12. The zero-order valence-corrected chi connectivity index (χ0v) is 12.6. The lowest BCUT2D eigenvalue weighted by Crippen LogP contribution is -2.02. The van der Waals surface area contributed by atoms with Gasteiger partial charge in [0.1, 0.15) is 12.4 Å². The molecule has 114 valence electrons. The van der Waals surface area contributed by atoms with Gasteiger partial charge in [0.2, 0.25) is 0 Å². The normalized spacial score (nSPS) is 12.7. The summed E-state index contributed by atoms with van der Waals surface area (Å²) in [5, 5.41) is 19.6. The molecule has 3 aromatic rings. The summed E-state index contributed by atoms with van der Waals surface area (Å²) in [6, 6.07) is 15.6. The number of aliphatic hydroxyl groups is 2. The summed E-state index contributed by atoms with van der Waals surface area (Å²) in [6.07, 6.45) is 1.29. The van der Waals surface area contributed by atoms with Gasteiger partial charge in [0, 0.05) is 5.69 Å². The summed E-state index contributed by atoms with van der Waals surface area (Å²) in [5.41, 5.74) is 3.68. The van der Waals surface area contributed by atoms with Gasteiger partial charge in [-0.15, -0.1) is 0 Å². The second kappa shape index (κ2) is 6.30. The van der Waals surface area contributed by atoms with E-state index in [1.54, 1.807) is 0 Å². The van der Waals surface area contributed by atoms with Gasteiger partial charge in [0.05, 0.1) is 17.1 Å². The van der Waals surface area contributed by atoms with Gasteiger partial charge in [-0.3, -0.25) is 4.57 Å². The SMILES string of the molecule is CCC[C@H](O)c1ccc(-n2c(CO)nc3ccccc32)cc1. The van der Waals surface area contributed by atoms with Crippen molar-refractivity contribution in [1.82, 2.24) is 9.55 Å². The Balaban J connectivity index is 2.04. The first-order valence-corrected chi connectivity index (χ1v) is 7.60. The summed E-state index contributed by atoms with van der Waals surface area (Å²) >= 11 is 0.